The summed E-state index contributed by atoms with van der Waals surface area (Å²) in [5.74, 6) is -0.353. The summed E-state index contributed by atoms with van der Waals surface area (Å²) in [6.45, 7) is 4.96. The second-order valence-electron chi connectivity index (χ2n) is 4.87. The van der Waals surface area contributed by atoms with E-state index in [0.717, 1.165) is 5.56 Å². The van der Waals surface area contributed by atoms with E-state index in [-0.39, 0.29) is 5.78 Å². The first-order valence-electron chi connectivity index (χ1n) is 5.94. The predicted octanol–water partition coefficient (Wildman–Crippen LogP) is 1.85. The van der Waals surface area contributed by atoms with Crippen molar-refractivity contribution in [2.75, 3.05) is 7.11 Å². The van der Waals surface area contributed by atoms with Gasteiger partial charge in [-0.15, -0.1) is 0 Å². The average molecular weight is 265 g/mol. The molecule has 0 aliphatic carbocycles. The van der Waals surface area contributed by atoms with Gasteiger partial charge in [0.05, 0.1) is 7.11 Å². The van der Waals surface area contributed by atoms with E-state index < -0.39 is 11.5 Å². The Morgan fingerprint density at radius 3 is 2.47 bits per heavy atom. The number of carboxylic acid groups (broad SMARTS) is 1. The topological polar surface area (TPSA) is 75.6 Å². The monoisotopic (exact) mass is 265 g/mol. The molecule has 0 atom stereocenters. The van der Waals surface area contributed by atoms with Crippen molar-refractivity contribution in [2.24, 2.45) is 0 Å². The van der Waals surface area contributed by atoms with E-state index in [2.05, 4.69) is 5.32 Å². The molecule has 0 fully saturated rings. The Bertz CT molecular complexity index is 494. The van der Waals surface area contributed by atoms with Crippen molar-refractivity contribution >= 4 is 11.8 Å². The molecule has 0 aliphatic heterocycles. The standard InChI is InChI=1S/C14H19NO4/c1-9(16)10-5-6-12(19-4)11(7-10)8-15-14(2,3)13(17)18/h5-7,15H,8H2,1-4H3,(H,17,18). The molecule has 0 aliphatic rings. The van der Waals surface area contributed by atoms with E-state index in [1.54, 1.807) is 32.0 Å². The van der Waals surface area contributed by atoms with Crippen LogP contribution in [0.25, 0.3) is 0 Å². The number of carbonyl (C=O) groups is 2. The molecule has 1 aromatic carbocycles. The van der Waals surface area contributed by atoms with Crippen LogP contribution in [-0.4, -0.2) is 29.5 Å². The maximum absolute atomic E-state index is 11.4. The quantitative estimate of drug-likeness (QED) is 0.768. The summed E-state index contributed by atoms with van der Waals surface area (Å²) in [5, 5.41) is 12.0. The molecule has 1 aromatic rings. The molecule has 5 nitrogen and oxygen atoms in total. The third-order valence-corrected chi connectivity index (χ3v) is 2.94. The van der Waals surface area contributed by atoms with Crippen LogP contribution >= 0.6 is 0 Å². The molecule has 0 bridgehead atoms. The van der Waals surface area contributed by atoms with Crippen LogP contribution in [0.1, 0.15) is 36.7 Å². The number of benzene rings is 1. The molecular weight excluding hydrogens is 246 g/mol. The molecule has 0 radical (unpaired) electrons. The Balaban J connectivity index is 2.96. The first-order chi connectivity index (χ1) is 8.77. The van der Waals surface area contributed by atoms with Gasteiger partial charge >= 0.3 is 5.97 Å². The summed E-state index contributed by atoms with van der Waals surface area (Å²) in [6, 6.07) is 5.11. The van der Waals surface area contributed by atoms with E-state index in [0.29, 0.717) is 17.9 Å². The molecule has 104 valence electrons. The minimum absolute atomic E-state index is 0.0404. The number of hydrogen-bond acceptors (Lipinski definition) is 4. The summed E-state index contributed by atoms with van der Waals surface area (Å²) in [6.07, 6.45) is 0. The molecule has 0 saturated heterocycles. The van der Waals surface area contributed by atoms with Crippen molar-refractivity contribution < 1.29 is 19.4 Å². The summed E-state index contributed by atoms with van der Waals surface area (Å²) >= 11 is 0. The highest BCUT2D eigenvalue weighted by molar-refractivity contribution is 5.94. The van der Waals surface area contributed by atoms with Gasteiger partial charge in [0.1, 0.15) is 11.3 Å². The number of Topliss-reactive ketones (excluding diaryl/α,β-unsaturated/α-hetero) is 1. The second-order valence-corrected chi connectivity index (χ2v) is 4.87. The van der Waals surface area contributed by atoms with Crippen LogP contribution in [0.5, 0.6) is 5.75 Å². The van der Waals surface area contributed by atoms with Crippen molar-refractivity contribution in [3.05, 3.63) is 29.3 Å². The van der Waals surface area contributed by atoms with Gasteiger partial charge in [-0.25, -0.2) is 0 Å². The Morgan fingerprint density at radius 1 is 1.37 bits per heavy atom. The van der Waals surface area contributed by atoms with Crippen molar-refractivity contribution in [3.8, 4) is 5.75 Å². The SMILES string of the molecule is COc1ccc(C(C)=O)cc1CNC(C)(C)C(=O)O. The number of rotatable bonds is 6. The van der Waals surface area contributed by atoms with Crippen LogP contribution in [0.3, 0.4) is 0 Å². The highest BCUT2D eigenvalue weighted by Crippen LogP contribution is 2.21. The number of methoxy groups -OCH3 is 1. The average Bonchev–Trinajstić information content (AvgIpc) is 2.35. The lowest BCUT2D eigenvalue weighted by molar-refractivity contribution is -0.143. The molecule has 2 N–H and O–H groups in total. The van der Waals surface area contributed by atoms with Gasteiger partial charge in [-0.05, 0) is 39.0 Å². The van der Waals surface area contributed by atoms with E-state index in [9.17, 15) is 9.59 Å². The smallest absolute Gasteiger partial charge is 0.323 e. The summed E-state index contributed by atoms with van der Waals surface area (Å²) in [7, 11) is 1.54. The zero-order valence-electron chi connectivity index (χ0n) is 11.6. The van der Waals surface area contributed by atoms with Crippen molar-refractivity contribution in [1.82, 2.24) is 5.32 Å². The van der Waals surface area contributed by atoms with Gasteiger partial charge in [0.25, 0.3) is 0 Å². The minimum atomic E-state index is -1.04. The fourth-order valence-corrected chi connectivity index (χ4v) is 1.53. The van der Waals surface area contributed by atoms with E-state index in [4.69, 9.17) is 9.84 Å². The number of carbonyl (C=O) groups excluding carboxylic acids is 1. The van der Waals surface area contributed by atoms with Gasteiger partial charge in [0.15, 0.2) is 5.78 Å². The Kier molecular flexibility index (Phi) is 4.67. The Morgan fingerprint density at radius 2 is 2.00 bits per heavy atom. The number of aliphatic carboxylic acids is 1. The normalized spacial score (nSPS) is 11.2. The molecule has 0 aromatic heterocycles. The first-order valence-corrected chi connectivity index (χ1v) is 5.94. The third-order valence-electron chi connectivity index (χ3n) is 2.94. The zero-order chi connectivity index (χ0) is 14.6. The predicted molar refractivity (Wildman–Crippen MR) is 71.6 cm³/mol. The number of ether oxygens (including phenoxy) is 1. The van der Waals surface area contributed by atoms with Crippen LogP contribution in [-0.2, 0) is 11.3 Å². The number of ketones is 1. The number of carboxylic acids is 1. The lowest BCUT2D eigenvalue weighted by Crippen LogP contribution is -2.46. The first kappa shape index (κ1) is 15.2. The summed E-state index contributed by atoms with van der Waals surface area (Å²) in [5.41, 5.74) is 0.285. The fraction of sp³-hybridized carbons (Fsp3) is 0.429. The molecular formula is C14H19NO4. The van der Waals surface area contributed by atoms with Gasteiger partial charge in [-0.2, -0.15) is 0 Å². The van der Waals surface area contributed by atoms with E-state index in [1.807, 2.05) is 0 Å². The lowest BCUT2D eigenvalue weighted by Gasteiger charge is -2.22. The maximum Gasteiger partial charge on any atom is 0.323 e. The zero-order valence-corrected chi connectivity index (χ0v) is 11.6. The van der Waals surface area contributed by atoms with Gasteiger partial charge in [0.2, 0.25) is 0 Å². The van der Waals surface area contributed by atoms with Crippen LogP contribution in [0.4, 0.5) is 0 Å². The molecule has 5 heteroatoms. The number of nitrogens with one attached hydrogen (secondary N) is 1. The van der Waals surface area contributed by atoms with Gasteiger partial charge < -0.3 is 9.84 Å². The van der Waals surface area contributed by atoms with Crippen molar-refractivity contribution in [3.63, 3.8) is 0 Å². The minimum Gasteiger partial charge on any atom is -0.496 e. The largest absolute Gasteiger partial charge is 0.496 e. The molecule has 0 spiro atoms. The fourth-order valence-electron chi connectivity index (χ4n) is 1.53. The van der Waals surface area contributed by atoms with Gasteiger partial charge in [0, 0.05) is 17.7 Å². The van der Waals surface area contributed by atoms with Crippen LogP contribution in [0.2, 0.25) is 0 Å². The van der Waals surface area contributed by atoms with E-state index >= 15 is 0 Å². The van der Waals surface area contributed by atoms with E-state index in [1.165, 1.54) is 14.0 Å². The third kappa shape index (κ3) is 3.79. The van der Waals surface area contributed by atoms with Gasteiger partial charge in [-0.1, -0.05) is 0 Å². The second kappa shape index (κ2) is 5.84. The van der Waals surface area contributed by atoms with Gasteiger partial charge in [-0.3, -0.25) is 14.9 Å². The van der Waals surface area contributed by atoms with Crippen molar-refractivity contribution in [2.45, 2.75) is 32.9 Å². The highest BCUT2D eigenvalue weighted by Gasteiger charge is 2.26. The Labute approximate surface area is 112 Å². The molecule has 19 heavy (non-hydrogen) atoms. The molecule has 0 heterocycles. The summed E-state index contributed by atoms with van der Waals surface area (Å²) < 4.78 is 5.21. The van der Waals surface area contributed by atoms with Crippen LogP contribution < -0.4 is 10.1 Å². The summed E-state index contributed by atoms with van der Waals surface area (Å²) in [4.78, 5) is 22.4. The van der Waals surface area contributed by atoms with Crippen LogP contribution in [0, 0.1) is 0 Å². The van der Waals surface area contributed by atoms with Crippen molar-refractivity contribution in [1.29, 1.82) is 0 Å². The Hall–Kier alpha value is -1.88. The highest BCUT2D eigenvalue weighted by atomic mass is 16.5. The molecule has 0 saturated carbocycles. The molecule has 1 rings (SSSR count). The molecule has 0 unspecified atom stereocenters. The number of hydrogen-bond donors (Lipinski definition) is 2. The maximum atomic E-state index is 11.4. The molecule has 0 amide bonds. The van der Waals surface area contributed by atoms with Crippen LogP contribution in [0.15, 0.2) is 18.2 Å². The lowest BCUT2D eigenvalue weighted by atomic mass is 10.0.